The summed E-state index contributed by atoms with van der Waals surface area (Å²) in [5, 5.41) is 11.2. The smallest absolute Gasteiger partial charge is 0.303 e. The second kappa shape index (κ2) is 8.12. The van der Waals surface area contributed by atoms with Crippen molar-refractivity contribution >= 4 is 11.9 Å². The summed E-state index contributed by atoms with van der Waals surface area (Å²) < 4.78 is 0. The van der Waals surface area contributed by atoms with Gasteiger partial charge in [-0.3, -0.25) is 14.5 Å². The van der Waals surface area contributed by atoms with Crippen molar-refractivity contribution < 1.29 is 14.7 Å². The molecule has 0 aromatic rings. The highest BCUT2D eigenvalue weighted by Gasteiger charge is 2.22. The number of nitrogens with zero attached hydrogens (tertiary/aromatic N) is 1. The summed E-state index contributed by atoms with van der Waals surface area (Å²) >= 11 is 0. The first kappa shape index (κ1) is 15.9. The monoisotopic (exact) mass is 271 g/mol. The second-order valence-electron chi connectivity index (χ2n) is 5.32. The van der Waals surface area contributed by atoms with Gasteiger partial charge in [0.15, 0.2) is 0 Å². The summed E-state index contributed by atoms with van der Waals surface area (Å²) in [5.41, 5.74) is 5.87. The van der Waals surface area contributed by atoms with Crippen LogP contribution in [0.1, 0.15) is 32.6 Å². The average Bonchev–Trinajstić information content (AvgIpc) is 2.35. The number of hydrogen-bond acceptors (Lipinski definition) is 4. The minimum atomic E-state index is -0.827. The van der Waals surface area contributed by atoms with Crippen LogP contribution >= 0.6 is 0 Å². The van der Waals surface area contributed by atoms with E-state index in [0.29, 0.717) is 25.4 Å². The number of hydrogen-bond donors (Lipinski definition) is 3. The summed E-state index contributed by atoms with van der Waals surface area (Å²) in [6.07, 6.45) is 2.67. The highest BCUT2D eigenvalue weighted by Crippen LogP contribution is 2.18. The molecule has 0 aromatic carbocycles. The topological polar surface area (TPSA) is 95.7 Å². The van der Waals surface area contributed by atoms with Crippen LogP contribution in [0.15, 0.2) is 0 Å². The molecule has 1 aliphatic heterocycles. The van der Waals surface area contributed by atoms with Crippen molar-refractivity contribution in [2.75, 3.05) is 26.2 Å². The van der Waals surface area contributed by atoms with E-state index in [9.17, 15) is 9.59 Å². The Morgan fingerprint density at radius 2 is 2.05 bits per heavy atom. The molecule has 0 bridgehead atoms. The van der Waals surface area contributed by atoms with Crippen LogP contribution in [0, 0.1) is 5.92 Å². The number of carbonyl (C=O) groups excluding carboxylic acids is 1. The van der Waals surface area contributed by atoms with Gasteiger partial charge in [-0.25, -0.2) is 0 Å². The molecule has 0 spiro atoms. The number of carbonyl (C=O) groups is 2. The first-order valence-electron chi connectivity index (χ1n) is 6.95. The molecule has 0 radical (unpaired) electrons. The van der Waals surface area contributed by atoms with E-state index in [0.717, 1.165) is 25.9 Å². The molecule has 4 N–H and O–H groups in total. The molecule has 6 nitrogen and oxygen atoms in total. The zero-order valence-electron chi connectivity index (χ0n) is 11.6. The van der Waals surface area contributed by atoms with Crippen LogP contribution in [0.4, 0.5) is 0 Å². The van der Waals surface area contributed by atoms with Crippen molar-refractivity contribution in [2.24, 2.45) is 11.7 Å². The number of amides is 1. The Morgan fingerprint density at radius 3 is 2.58 bits per heavy atom. The maximum Gasteiger partial charge on any atom is 0.303 e. The standard InChI is InChI=1S/C13H25N3O3/c1-10(14)11-4-7-16(8-5-11)9-12(17)15-6-2-3-13(18)19/h10-11H,2-9,14H2,1H3,(H,15,17)(H,18,19). The highest BCUT2D eigenvalue weighted by atomic mass is 16.4. The van der Waals surface area contributed by atoms with E-state index >= 15 is 0 Å². The minimum Gasteiger partial charge on any atom is -0.481 e. The van der Waals surface area contributed by atoms with Crippen LogP contribution in [0.5, 0.6) is 0 Å². The Morgan fingerprint density at radius 1 is 1.42 bits per heavy atom. The number of rotatable bonds is 7. The molecule has 1 heterocycles. The van der Waals surface area contributed by atoms with Gasteiger partial charge >= 0.3 is 5.97 Å². The molecule has 0 aliphatic carbocycles. The van der Waals surface area contributed by atoms with E-state index in [-0.39, 0.29) is 18.4 Å². The Hall–Kier alpha value is -1.14. The van der Waals surface area contributed by atoms with Crippen LogP contribution in [-0.4, -0.2) is 54.1 Å². The lowest BCUT2D eigenvalue weighted by molar-refractivity contribution is -0.137. The molecular formula is C13H25N3O3. The summed E-state index contributed by atoms with van der Waals surface area (Å²) in [6, 6.07) is 0.229. The number of nitrogens with two attached hydrogens (primary N) is 1. The normalized spacial score (nSPS) is 19.1. The highest BCUT2D eigenvalue weighted by molar-refractivity contribution is 5.78. The quantitative estimate of drug-likeness (QED) is 0.568. The maximum absolute atomic E-state index is 11.6. The molecule has 1 aliphatic rings. The molecule has 0 saturated carbocycles. The molecule has 19 heavy (non-hydrogen) atoms. The van der Waals surface area contributed by atoms with Crippen LogP contribution in [0.25, 0.3) is 0 Å². The van der Waals surface area contributed by atoms with Crippen molar-refractivity contribution in [1.29, 1.82) is 0 Å². The van der Waals surface area contributed by atoms with Crippen molar-refractivity contribution in [3.63, 3.8) is 0 Å². The van der Waals surface area contributed by atoms with Gasteiger partial charge in [-0.1, -0.05) is 0 Å². The number of piperidine rings is 1. The molecule has 110 valence electrons. The van der Waals surface area contributed by atoms with Gasteiger partial charge in [0.1, 0.15) is 0 Å². The molecule has 1 amide bonds. The average molecular weight is 271 g/mol. The van der Waals surface area contributed by atoms with E-state index in [2.05, 4.69) is 10.2 Å². The van der Waals surface area contributed by atoms with Gasteiger partial charge in [0.2, 0.25) is 5.91 Å². The van der Waals surface area contributed by atoms with E-state index in [4.69, 9.17) is 10.8 Å². The zero-order chi connectivity index (χ0) is 14.3. The molecule has 0 aromatic heterocycles. The van der Waals surface area contributed by atoms with Crippen molar-refractivity contribution in [1.82, 2.24) is 10.2 Å². The fraction of sp³-hybridized carbons (Fsp3) is 0.846. The number of carboxylic acid groups (broad SMARTS) is 1. The molecule has 1 atom stereocenters. The summed E-state index contributed by atoms with van der Waals surface area (Å²) in [7, 11) is 0. The van der Waals surface area contributed by atoms with Gasteiger partial charge in [0.05, 0.1) is 6.54 Å². The number of carboxylic acids is 1. The van der Waals surface area contributed by atoms with Gasteiger partial charge in [0, 0.05) is 19.0 Å². The fourth-order valence-electron chi connectivity index (χ4n) is 2.36. The van der Waals surface area contributed by atoms with E-state index in [1.54, 1.807) is 0 Å². The van der Waals surface area contributed by atoms with Crippen LogP contribution < -0.4 is 11.1 Å². The van der Waals surface area contributed by atoms with Gasteiger partial charge < -0.3 is 16.2 Å². The predicted octanol–water partition coefficient (Wildman–Crippen LogP) is 0.0266. The SMILES string of the molecule is CC(N)C1CCN(CC(=O)NCCCC(=O)O)CC1. The molecule has 6 heteroatoms. The third-order valence-electron chi connectivity index (χ3n) is 3.63. The largest absolute Gasteiger partial charge is 0.481 e. The lowest BCUT2D eigenvalue weighted by Crippen LogP contribution is -2.44. The maximum atomic E-state index is 11.6. The first-order valence-corrected chi connectivity index (χ1v) is 6.95. The van der Waals surface area contributed by atoms with E-state index in [1.165, 1.54) is 0 Å². The Balaban J connectivity index is 2.11. The lowest BCUT2D eigenvalue weighted by Gasteiger charge is -2.33. The number of nitrogens with one attached hydrogen (secondary N) is 1. The van der Waals surface area contributed by atoms with Gasteiger partial charge in [0.25, 0.3) is 0 Å². The van der Waals surface area contributed by atoms with E-state index in [1.807, 2.05) is 6.92 Å². The van der Waals surface area contributed by atoms with Crippen LogP contribution in [0.3, 0.4) is 0 Å². The first-order chi connectivity index (χ1) is 8.99. The third kappa shape index (κ3) is 6.54. The van der Waals surface area contributed by atoms with Gasteiger partial charge in [-0.15, -0.1) is 0 Å². The van der Waals surface area contributed by atoms with Gasteiger partial charge in [-0.2, -0.15) is 0 Å². The van der Waals surface area contributed by atoms with Crippen LogP contribution in [-0.2, 0) is 9.59 Å². The van der Waals surface area contributed by atoms with Crippen molar-refractivity contribution in [3.8, 4) is 0 Å². The lowest BCUT2D eigenvalue weighted by atomic mass is 9.91. The minimum absolute atomic E-state index is 0.0235. The molecular weight excluding hydrogens is 246 g/mol. The summed E-state index contributed by atoms with van der Waals surface area (Å²) in [5.74, 6) is -0.285. The molecule has 1 unspecified atom stereocenters. The predicted molar refractivity (Wildman–Crippen MR) is 72.7 cm³/mol. The summed E-state index contributed by atoms with van der Waals surface area (Å²) in [4.78, 5) is 24.1. The van der Waals surface area contributed by atoms with Gasteiger partial charge in [-0.05, 0) is 45.2 Å². The summed E-state index contributed by atoms with van der Waals surface area (Å²) in [6.45, 7) is 4.69. The van der Waals surface area contributed by atoms with E-state index < -0.39 is 5.97 Å². The van der Waals surface area contributed by atoms with Crippen LogP contribution in [0.2, 0.25) is 0 Å². The molecule has 1 rings (SSSR count). The Labute approximate surface area is 114 Å². The Bertz CT molecular complexity index is 300. The second-order valence-corrected chi connectivity index (χ2v) is 5.32. The zero-order valence-corrected chi connectivity index (χ0v) is 11.6. The van der Waals surface area contributed by atoms with Crippen molar-refractivity contribution in [3.05, 3.63) is 0 Å². The third-order valence-corrected chi connectivity index (χ3v) is 3.63. The molecule has 1 saturated heterocycles. The number of likely N-dealkylation sites (tertiary alicyclic amines) is 1. The Kier molecular flexibility index (Phi) is 6.80. The molecule has 1 fully saturated rings. The fourth-order valence-corrected chi connectivity index (χ4v) is 2.36. The number of aliphatic carboxylic acids is 1. The van der Waals surface area contributed by atoms with Crippen molar-refractivity contribution in [2.45, 2.75) is 38.6 Å².